The molecule has 2 rings (SSSR count). The molecule has 0 spiro atoms. The summed E-state index contributed by atoms with van der Waals surface area (Å²) in [6.07, 6.45) is 0. The molecule has 18 heavy (non-hydrogen) atoms. The van der Waals surface area contributed by atoms with Gasteiger partial charge in [-0.1, -0.05) is 11.6 Å². The summed E-state index contributed by atoms with van der Waals surface area (Å²) in [6.45, 7) is 2.75. The van der Waals surface area contributed by atoms with Crippen LogP contribution in [0.3, 0.4) is 0 Å². The van der Waals surface area contributed by atoms with Crippen molar-refractivity contribution in [2.75, 3.05) is 26.2 Å². The Morgan fingerprint density at radius 3 is 2.56 bits per heavy atom. The van der Waals surface area contributed by atoms with Gasteiger partial charge in [0.1, 0.15) is 0 Å². The molecule has 0 unspecified atom stereocenters. The molecule has 0 atom stereocenters. The highest BCUT2D eigenvalue weighted by molar-refractivity contribution is 7.72. The minimum Gasteiger partial charge on any atom is -0.336 e. The van der Waals surface area contributed by atoms with Crippen LogP contribution in [-0.2, 0) is 10.7 Å². The summed E-state index contributed by atoms with van der Waals surface area (Å²) in [5, 5.41) is 3.29. The topological polar surface area (TPSA) is 66.5 Å². The number of hydrogen-bond acceptors (Lipinski definition) is 4. The SMILES string of the molecule is O=C(c1ccc(Cl)c([SH](=O)=O)c1)N1CCNCC1. The molecule has 7 heteroatoms. The highest BCUT2D eigenvalue weighted by atomic mass is 35.5. The van der Waals surface area contributed by atoms with Crippen molar-refractivity contribution < 1.29 is 13.2 Å². The van der Waals surface area contributed by atoms with Crippen molar-refractivity contribution in [1.82, 2.24) is 10.2 Å². The Morgan fingerprint density at radius 1 is 1.28 bits per heavy atom. The van der Waals surface area contributed by atoms with Gasteiger partial charge in [0.2, 0.25) is 0 Å². The summed E-state index contributed by atoms with van der Waals surface area (Å²) in [7, 11) is -2.79. The first-order chi connectivity index (χ1) is 8.59. The van der Waals surface area contributed by atoms with Crippen LogP contribution in [0.5, 0.6) is 0 Å². The molecule has 5 nitrogen and oxygen atoms in total. The van der Waals surface area contributed by atoms with Gasteiger partial charge in [-0.25, -0.2) is 8.42 Å². The first-order valence-electron chi connectivity index (χ1n) is 5.53. The minimum absolute atomic E-state index is 0.00680. The van der Waals surface area contributed by atoms with E-state index in [4.69, 9.17) is 11.6 Å². The summed E-state index contributed by atoms with van der Waals surface area (Å²) in [4.78, 5) is 13.8. The summed E-state index contributed by atoms with van der Waals surface area (Å²) in [6, 6.07) is 4.32. The Morgan fingerprint density at radius 2 is 1.94 bits per heavy atom. The highest BCUT2D eigenvalue weighted by Gasteiger charge is 2.19. The van der Waals surface area contributed by atoms with Crippen LogP contribution in [0, 0.1) is 0 Å². The third-order valence-corrected chi connectivity index (χ3v) is 4.02. The summed E-state index contributed by atoms with van der Waals surface area (Å²) in [5.74, 6) is -0.161. The van der Waals surface area contributed by atoms with Crippen molar-refractivity contribution in [2.24, 2.45) is 0 Å². The minimum atomic E-state index is -2.79. The molecule has 1 fully saturated rings. The van der Waals surface area contributed by atoms with E-state index in [9.17, 15) is 13.2 Å². The maximum Gasteiger partial charge on any atom is 0.253 e. The van der Waals surface area contributed by atoms with E-state index in [1.54, 1.807) is 11.0 Å². The summed E-state index contributed by atoms with van der Waals surface area (Å²) in [5.41, 5.74) is 0.357. The number of rotatable bonds is 2. The van der Waals surface area contributed by atoms with E-state index in [1.165, 1.54) is 12.1 Å². The lowest BCUT2D eigenvalue weighted by atomic mass is 10.2. The number of halogens is 1. The molecule has 1 aromatic carbocycles. The quantitative estimate of drug-likeness (QED) is 0.771. The van der Waals surface area contributed by atoms with Crippen LogP contribution in [-0.4, -0.2) is 45.4 Å². The molecule has 1 amide bonds. The van der Waals surface area contributed by atoms with E-state index in [-0.39, 0.29) is 15.8 Å². The van der Waals surface area contributed by atoms with E-state index >= 15 is 0 Å². The van der Waals surface area contributed by atoms with Crippen molar-refractivity contribution in [1.29, 1.82) is 0 Å². The van der Waals surface area contributed by atoms with Crippen molar-refractivity contribution in [3.8, 4) is 0 Å². The maximum absolute atomic E-state index is 12.1. The van der Waals surface area contributed by atoms with Crippen molar-refractivity contribution >= 4 is 28.2 Å². The van der Waals surface area contributed by atoms with Gasteiger partial charge in [0.05, 0.1) is 9.92 Å². The Labute approximate surface area is 112 Å². The normalized spacial score (nSPS) is 16.0. The number of benzene rings is 1. The predicted molar refractivity (Wildman–Crippen MR) is 68.8 cm³/mol. The van der Waals surface area contributed by atoms with Gasteiger partial charge in [0, 0.05) is 31.7 Å². The average molecular weight is 289 g/mol. The monoisotopic (exact) mass is 288 g/mol. The number of hydrogen-bond donors (Lipinski definition) is 2. The molecule has 1 saturated heterocycles. The predicted octanol–water partition coefficient (Wildman–Crippen LogP) is 0.356. The van der Waals surface area contributed by atoms with Gasteiger partial charge in [0.25, 0.3) is 5.91 Å². The number of thiol groups is 1. The van der Waals surface area contributed by atoms with Gasteiger partial charge in [-0.15, -0.1) is 0 Å². The second-order valence-corrected chi connectivity index (χ2v) is 5.37. The van der Waals surface area contributed by atoms with Crippen LogP contribution in [0.1, 0.15) is 10.4 Å². The molecular weight excluding hydrogens is 276 g/mol. The lowest BCUT2D eigenvalue weighted by molar-refractivity contribution is 0.0735. The van der Waals surface area contributed by atoms with E-state index in [0.717, 1.165) is 13.1 Å². The van der Waals surface area contributed by atoms with E-state index in [2.05, 4.69) is 5.32 Å². The Bertz CT molecular complexity index is 531. The van der Waals surface area contributed by atoms with Gasteiger partial charge < -0.3 is 10.2 Å². The smallest absolute Gasteiger partial charge is 0.253 e. The highest BCUT2D eigenvalue weighted by Crippen LogP contribution is 2.20. The summed E-state index contributed by atoms with van der Waals surface area (Å²) < 4.78 is 22.0. The van der Waals surface area contributed by atoms with Crippen LogP contribution in [0.15, 0.2) is 23.1 Å². The Balaban J connectivity index is 2.27. The fourth-order valence-electron chi connectivity index (χ4n) is 1.84. The summed E-state index contributed by atoms with van der Waals surface area (Å²) >= 11 is 5.76. The van der Waals surface area contributed by atoms with E-state index in [0.29, 0.717) is 18.7 Å². The third-order valence-electron chi connectivity index (χ3n) is 2.79. The molecule has 0 saturated carbocycles. The molecule has 1 aliphatic heterocycles. The number of nitrogens with zero attached hydrogens (tertiary/aromatic N) is 1. The zero-order chi connectivity index (χ0) is 13.1. The number of amides is 1. The number of carbonyl (C=O) groups is 1. The fourth-order valence-corrected chi connectivity index (χ4v) is 2.65. The molecule has 0 aliphatic carbocycles. The molecule has 0 aromatic heterocycles. The van der Waals surface area contributed by atoms with Gasteiger partial charge >= 0.3 is 0 Å². The van der Waals surface area contributed by atoms with Crippen LogP contribution in [0.2, 0.25) is 5.02 Å². The Kier molecular flexibility index (Phi) is 4.21. The molecule has 1 aliphatic rings. The zero-order valence-electron chi connectivity index (χ0n) is 9.56. The maximum atomic E-state index is 12.1. The van der Waals surface area contributed by atoms with Gasteiger partial charge in [-0.3, -0.25) is 4.79 Å². The largest absolute Gasteiger partial charge is 0.336 e. The van der Waals surface area contributed by atoms with Crippen molar-refractivity contribution in [2.45, 2.75) is 4.90 Å². The first-order valence-corrected chi connectivity index (χ1v) is 7.09. The second-order valence-electron chi connectivity index (χ2n) is 3.97. The number of piperazine rings is 1. The van der Waals surface area contributed by atoms with Crippen molar-refractivity contribution in [3.05, 3.63) is 28.8 Å². The lowest BCUT2D eigenvalue weighted by Gasteiger charge is -2.27. The molecular formula is C11H13ClN2O3S. The third kappa shape index (κ3) is 2.82. The zero-order valence-corrected chi connectivity index (χ0v) is 11.2. The van der Waals surface area contributed by atoms with Crippen LogP contribution < -0.4 is 5.32 Å². The standard InChI is InChI=1S/C11H13ClN2O3S/c12-9-2-1-8(7-10(9)18(16)17)11(15)14-5-3-13-4-6-14/h1-2,7,13,18H,3-6H2. The van der Waals surface area contributed by atoms with Gasteiger partial charge in [-0.2, -0.15) is 0 Å². The average Bonchev–Trinajstić information content (AvgIpc) is 2.39. The molecule has 0 radical (unpaired) electrons. The van der Waals surface area contributed by atoms with E-state index < -0.39 is 10.7 Å². The van der Waals surface area contributed by atoms with Crippen LogP contribution in [0.25, 0.3) is 0 Å². The van der Waals surface area contributed by atoms with Crippen LogP contribution >= 0.6 is 11.6 Å². The Hall–Kier alpha value is -1.11. The second kappa shape index (κ2) is 5.69. The van der Waals surface area contributed by atoms with E-state index in [1.807, 2.05) is 0 Å². The molecule has 98 valence electrons. The molecule has 0 bridgehead atoms. The van der Waals surface area contributed by atoms with Gasteiger partial charge in [0.15, 0.2) is 10.7 Å². The number of nitrogens with one attached hydrogen (secondary N) is 1. The fraction of sp³-hybridized carbons (Fsp3) is 0.364. The van der Waals surface area contributed by atoms with Gasteiger partial charge in [-0.05, 0) is 18.2 Å². The molecule has 1 N–H and O–H groups in total. The van der Waals surface area contributed by atoms with Crippen LogP contribution in [0.4, 0.5) is 0 Å². The number of carbonyl (C=O) groups excluding carboxylic acids is 1. The van der Waals surface area contributed by atoms with Crippen molar-refractivity contribution in [3.63, 3.8) is 0 Å². The lowest BCUT2D eigenvalue weighted by Crippen LogP contribution is -2.46. The molecule has 1 heterocycles. The first kappa shape index (κ1) is 13.3. The molecule has 1 aromatic rings.